The molecule has 1 heterocycles. The SMILES string of the molecule is CC(C)(C)OC(=O)C1(N)C=CON1. The Morgan fingerprint density at radius 1 is 1.62 bits per heavy atom. The predicted octanol–water partition coefficient (Wildman–Crippen LogP) is 0.0316. The van der Waals surface area contributed by atoms with Gasteiger partial charge in [-0.05, 0) is 20.8 Å². The van der Waals surface area contributed by atoms with Gasteiger partial charge in [0.25, 0.3) is 0 Å². The highest BCUT2D eigenvalue weighted by Gasteiger charge is 2.39. The van der Waals surface area contributed by atoms with E-state index in [9.17, 15) is 4.79 Å². The molecule has 0 amide bonds. The molecule has 1 aliphatic heterocycles. The van der Waals surface area contributed by atoms with Gasteiger partial charge in [0.2, 0.25) is 5.66 Å². The van der Waals surface area contributed by atoms with Gasteiger partial charge in [-0.25, -0.2) is 4.79 Å². The van der Waals surface area contributed by atoms with E-state index in [4.69, 9.17) is 10.5 Å². The van der Waals surface area contributed by atoms with E-state index in [1.165, 1.54) is 12.3 Å². The molecular formula is C8H14N2O3. The lowest BCUT2D eigenvalue weighted by atomic mass is 10.1. The van der Waals surface area contributed by atoms with Crippen LogP contribution < -0.4 is 11.2 Å². The highest BCUT2D eigenvalue weighted by molar-refractivity contribution is 5.83. The van der Waals surface area contributed by atoms with Crippen molar-refractivity contribution in [3.05, 3.63) is 12.3 Å². The predicted molar refractivity (Wildman–Crippen MR) is 46.1 cm³/mol. The summed E-state index contributed by atoms with van der Waals surface area (Å²) in [4.78, 5) is 16.1. The van der Waals surface area contributed by atoms with Crippen molar-refractivity contribution in [2.24, 2.45) is 5.73 Å². The van der Waals surface area contributed by atoms with Gasteiger partial charge in [0.05, 0.1) is 0 Å². The van der Waals surface area contributed by atoms with Crippen LogP contribution in [0.15, 0.2) is 12.3 Å². The molecule has 3 N–H and O–H groups in total. The zero-order valence-electron chi connectivity index (χ0n) is 7.96. The molecule has 0 radical (unpaired) electrons. The molecule has 5 nitrogen and oxygen atoms in total. The molecule has 0 aliphatic carbocycles. The van der Waals surface area contributed by atoms with Crippen molar-refractivity contribution in [2.45, 2.75) is 32.0 Å². The Hall–Kier alpha value is -1.07. The summed E-state index contributed by atoms with van der Waals surface area (Å²) in [6.07, 6.45) is 2.71. The Labute approximate surface area is 76.8 Å². The Morgan fingerprint density at radius 2 is 2.23 bits per heavy atom. The number of hydrogen-bond donors (Lipinski definition) is 2. The average molecular weight is 186 g/mol. The monoisotopic (exact) mass is 186 g/mol. The second-order valence-electron chi connectivity index (χ2n) is 3.89. The number of carbonyl (C=O) groups is 1. The van der Waals surface area contributed by atoms with Crippen molar-refractivity contribution in [3.8, 4) is 0 Å². The van der Waals surface area contributed by atoms with Crippen LogP contribution in [0, 0.1) is 0 Å². The van der Waals surface area contributed by atoms with Gasteiger partial charge in [-0.15, -0.1) is 5.48 Å². The first-order valence-electron chi connectivity index (χ1n) is 3.96. The number of hydrogen-bond acceptors (Lipinski definition) is 5. The summed E-state index contributed by atoms with van der Waals surface area (Å²) in [6.45, 7) is 5.31. The highest BCUT2D eigenvalue weighted by Crippen LogP contribution is 2.14. The lowest BCUT2D eigenvalue weighted by Gasteiger charge is -2.25. The van der Waals surface area contributed by atoms with Crippen LogP contribution in [0.25, 0.3) is 0 Å². The third-order valence-corrected chi connectivity index (χ3v) is 1.36. The quantitative estimate of drug-likeness (QED) is 0.565. The summed E-state index contributed by atoms with van der Waals surface area (Å²) in [7, 11) is 0. The van der Waals surface area contributed by atoms with Crippen LogP contribution in [0.5, 0.6) is 0 Å². The number of esters is 1. The maximum Gasteiger partial charge on any atom is 0.349 e. The molecule has 0 aromatic rings. The highest BCUT2D eigenvalue weighted by atomic mass is 16.7. The van der Waals surface area contributed by atoms with Crippen molar-refractivity contribution >= 4 is 5.97 Å². The molecule has 13 heavy (non-hydrogen) atoms. The van der Waals surface area contributed by atoms with Crippen molar-refractivity contribution in [1.82, 2.24) is 5.48 Å². The Morgan fingerprint density at radius 3 is 2.62 bits per heavy atom. The minimum atomic E-state index is -1.35. The molecule has 1 unspecified atom stereocenters. The lowest BCUT2D eigenvalue weighted by Crippen LogP contribution is -2.57. The number of carbonyl (C=O) groups excluding carboxylic acids is 1. The Kier molecular flexibility index (Phi) is 2.32. The third-order valence-electron chi connectivity index (χ3n) is 1.36. The third kappa shape index (κ3) is 2.43. The van der Waals surface area contributed by atoms with Crippen molar-refractivity contribution in [2.75, 3.05) is 0 Å². The van der Waals surface area contributed by atoms with Crippen molar-refractivity contribution in [3.63, 3.8) is 0 Å². The molecule has 5 heteroatoms. The summed E-state index contributed by atoms with van der Waals surface area (Å²) in [5.41, 5.74) is 6.05. The van der Waals surface area contributed by atoms with Gasteiger partial charge in [0, 0.05) is 6.08 Å². The van der Waals surface area contributed by atoms with Gasteiger partial charge in [-0.1, -0.05) is 0 Å². The molecule has 0 aromatic carbocycles. The van der Waals surface area contributed by atoms with Crippen LogP contribution in [-0.2, 0) is 14.4 Å². The van der Waals surface area contributed by atoms with E-state index in [0.29, 0.717) is 0 Å². The number of hydroxylamine groups is 1. The van der Waals surface area contributed by atoms with Crippen molar-refractivity contribution in [1.29, 1.82) is 0 Å². The molecule has 74 valence electrons. The second kappa shape index (κ2) is 3.01. The van der Waals surface area contributed by atoms with E-state index < -0.39 is 17.2 Å². The molecule has 0 aromatic heterocycles. The van der Waals surface area contributed by atoms with Crippen LogP contribution >= 0.6 is 0 Å². The summed E-state index contributed by atoms with van der Waals surface area (Å²) in [6, 6.07) is 0. The van der Waals surface area contributed by atoms with Crippen LogP contribution in [0.1, 0.15) is 20.8 Å². The van der Waals surface area contributed by atoms with Gasteiger partial charge in [0.15, 0.2) is 0 Å². The molecule has 0 saturated carbocycles. The van der Waals surface area contributed by atoms with Crippen LogP contribution in [0.4, 0.5) is 0 Å². The summed E-state index contributed by atoms with van der Waals surface area (Å²) < 4.78 is 5.07. The molecule has 1 atom stereocenters. The van der Waals surface area contributed by atoms with Crippen molar-refractivity contribution < 1.29 is 14.4 Å². The van der Waals surface area contributed by atoms with Crippen LogP contribution in [0.2, 0.25) is 0 Å². The first kappa shape index (κ1) is 10.0. The normalized spacial score (nSPS) is 27.1. The Balaban J connectivity index is 2.63. The van der Waals surface area contributed by atoms with Gasteiger partial charge in [-0.3, -0.25) is 5.73 Å². The van der Waals surface area contributed by atoms with E-state index in [1.807, 2.05) is 0 Å². The van der Waals surface area contributed by atoms with E-state index in [1.54, 1.807) is 20.8 Å². The van der Waals surface area contributed by atoms with E-state index in [2.05, 4.69) is 10.3 Å². The van der Waals surface area contributed by atoms with E-state index in [0.717, 1.165) is 0 Å². The molecule has 0 spiro atoms. The fraction of sp³-hybridized carbons (Fsp3) is 0.625. The Bertz CT molecular complexity index is 244. The largest absolute Gasteiger partial charge is 0.457 e. The standard InChI is InChI=1S/C8H14N2O3/c1-7(2,3)13-6(11)8(9)4-5-12-10-8/h4-5,10H,9H2,1-3H3. The number of rotatable bonds is 1. The molecule has 0 fully saturated rings. The van der Waals surface area contributed by atoms with E-state index in [-0.39, 0.29) is 0 Å². The average Bonchev–Trinajstić information content (AvgIpc) is 2.33. The zero-order valence-corrected chi connectivity index (χ0v) is 7.96. The zero-order chi connectivity index (χ0) is 10.1. The van der Waals surface area contributed by atoms with Crippen LogP contribution in [0.3, 0.4) is 0 Å². The topological polar surface area (TPSA) is 73.6 Å². The number of nitrogens with two attached hydrogens (primary N) is 1. The van der Waals surface area contributed by atoms with E-state index >= 15 is 0 Å². The first-order chi connectivity index (χ1) is 5.83. The maximum atomic E-state index is 11.4. The number of ether oxygens (including phenoxy) is 1. The van der Waals surface area contributed by atoms with Gasteiger partial charge >= 0.3 is 5.97 Å². The fourth-order valence-corrected chi connectivity index (χ4v) is 0.779. The summed E-state index contributed by atoms with van der Waals surface area (Å²) in [5.74, 6) is -0.561. The fourth-order valence-electron chi connectivity index (χ4n) is 0.779. The molecule has 0 saturated heterocycles. The summed E-state index contributed by atoms with van der Waals surface area (Å²) >= 11 is 0. The summed E-state index contributed by atoms with van der Waals surface area (Å²) in [5, 5.41) is 0. The van der Waals surface area contributed by atoms with Gasteiger partial charge < -0.3 is 9.57 Å². The molecule has 1 rings (SSSR count). The maximum absolute atomic E-state index is 11.4. The minimum Gasteiger partial charge on any atom is -0.457 e. The van der Waals surface area contributed by atoms with Crippen LogP contribution in [-0.4, -0.2) is 17.2 Å². The lowest BCUT2D eigenvalue weighted by molar-refractivity contribution is -0.163. The smallest absolute Gasteiger partial charge is 0.349 e. The van der Waals surface area contributed by atoms with Gasteiger partial charge in [-0.2, -0.15) is 0 Å². The molecule has 1 aliphatic rings. The second-order valence-corrected chi connectivity index (χ2v) is 3.89. The first-order valence-corrected chi connectivity index (χ1v) is 3.96. The molecular weight excluding hydrogens is 172 g/mol. The number of nitrogens with one attached hydrogen (secondary N) is 1. The van der Waals surface area contributed by atoms with Gasteiger partial charge in [0.1, 0.15) is 11.9 Å². The minimum absolute atomic E-state index is 0.554. The molecule has 0 bridgehead atoms.